The van der Waals surface area contributed by atoms with Crippen molar-refractivity contribution in [2.45, 2.75) is 0 Å². The van der Waals surface area contributed by atoms with Crippen LogP contribution < -0.4 is 10.4 Å². The zero-order chi connectivity index (χ0) is 12.7. The third-order valence-electron chi connectivity index (χ3n) is 2.88. The minimum atomic E-state index is -0.359. The van der Waals surface area contributed by atoms with Crippen LogP contribution >= 0.6 is 11.6 Å². The van der Waals surface area contributed by atoms with Crippen molar-refractivity contribution in [3.63, 3.8) is 0 Å². The van der Waals surface area contributed by atoms with Crippen molar-refractivity contribution in [1.29, 1.82) is 0 Å². The first-order chi connectivity index (χ1) is 8.69. The Bertz CT molecular complexity index is 805. The van der Waals surface area contributed by atoms with Gasteiger partial charge in [0.15, 0.2) is 0 Å². The molecule has 3 aromatic rings. The second kappa shape index (κ2) is 4.03. The monoisotopic (exact) mass is 260 g/mol. The molecule has 2 aromatic carbocycles. The summed E-state index contributed by atoms with van der Waals surface area (Å²) in [7, 11) is 1.59. The van der Waals surface area contributed by atoms with Crippen LogP contribution in [0.5, 0.6) is 5.75 Å². The van der Waals surface area contributed by atoms with E-state index in [-0.39, 0.29) is 5.63 Å². The van der Waals surface area contributed by atoms with Crippen molar-refractivity contribution in [1.82, 2.24) is 0 Å². The number of hydrogen-bond acceptors (Lipinski definition) is 3. The van der Waals surface area contributed by atoms with E-state index in [1.165, 1.54) is 0 Å². The van der Waals surface area contributed by atoms with Crippen molar-refractivity contribution >= 4 is 33.3 Å². The van der Waals surface area contributed by atoms with Crippen molar-refractivity contribution in [2.75, 3.05) is 7.11 Å². The molecule has 4 heteroatoms. The van der Waals surface area contributed by atoms with Crippen LogP contribution in [0.15, 0.2) is 45.6 Å². The molecule has 0 spiro atoms. The molecular formula is C14H9ClO3. The van der Waals surface area contributed by atoms with E-state index in [9.17, 15) is 4.79 Å². The Labute approximate surface area is 108 Å². The Hall–Kier alpha value is -2.00. The van der Waals surface area contributed by atoms with Crippen LogP contribution in [-0.2, 0) is 0 Å². The number of fused-ring (bicyclic) bond motifs is 3. The van der Waals surface area contributed by atoms with E-state index in [4.69, 9.17) is 20.8 Å². The van der Waals surface area contributed by atoms with E-state index < -0.39 is 0 Å². The lowest BCUT2D eigenvalue weighted by atomic mass is 10.1. The molecule has 0 aliphatic rings. The van der Waals surface area contributed by atoms with Crippen molar-refractivity contribution in [3.8, 4) is 5.75 Å². The average molecular weight is 261 g/mol. The molecule has 0 bridgehead atoms. The van der Waals surface area contributed by atoms with E-state index in [0.29, 0.717) is 21.7 Å². The van der Waals surface area contributed by atoms with Gasteiger partial charge in [0, 0.05) is 15.8 Å². The molecule has 90 valence electrons. The fourth-order valence-electron chi connectivity index (χ4n) is 2.01. The van der Waals surface area contributed by atoms with Crippen molar-refractivity contribution in [3.05, 3.63) is 51.8 Å². The Morgan fingerprint density at radius 2 is 1.89 bits per heavy atom. The van der Waals surface area contributed by atoms with Crippen LogP contribution in [0.1, 0.15) is 0 Å². The lowest BCUT2D eigenvalue weighted by molar-refractivity contribution is 0.415. The first kappa shape index (κ1) is 11.1. The normalized spacial score (nSPS) is 11.0. The summed E-state index contributed by atoms with van der Waals surface area (Å²) in [5.41, 5.74) is 0.160. The average Bonchev–Trinajstić information content (AvgIpc) is 2.39. The standard InChI is InChI=1S/C14H9ClO3/c1-17-9-3-4-10-11(7-9)12-6-8(15)2-5-13(12)18-14(10)16/h2-7H,1H3. The highest BCUT2D eigenvalue weighted by Crippen LogP contribution is 2.28. The van der Waals surface area contributed by atoms with E-state index in [1.54, 1.807) is 37.4 Å². The van der Waals surface area contributed by atoms with Gasteiger partial charge in [-0.3, -0.25) is 0 Å². The van der Waals surface area contributed by atoms with E-state index in [1.807, 2.05) is 6.07 Å². The van der Waals surface area contributed by atoms with Gasteiger partial charge in [-0.15, -0.1) is 0 Å². The fraction of sp³-hybridized carbons (Fsp3) is 0.0714. The smallest absolute Gasteiger partial charge is 0.344 e. The van der Waals surface area contributed by atoms with E-state index >= 15 is 0 Å². The van der Waals surface area contributed by atoms with Gasteiger partial charge in [-0.2, -0.15) is 0 Å². The third-order valence-corrected chi connectivity index (χ3v) is 3.12. The highest BCUT2D eigenvalue weighted by Gasteiger charge is 2.08. The highest BCUT2D eigenvalue weighted by molar-refractivity contribution is 6.31. The molecule has 3 rings (SSSR count). The molecule has 0 saturated carbocycles. The quantitative estimate of drug-likeness (QED) is 0.496. The molecule has 1 heterocycles. The van der Waals surface area contributed by atoms with Crippen LogP contribution in [0, 0.1) is 0 Å². The van der Waals surface area contributed by atoms with Crippen LogP contribution in [0.4, 0.5) is 0 Å². The molecule has 0 radical (unpaired) electrons. The molecular weight excluding hydrogens is 252 g/mol. The van der Waals surface area contributed by atoms with Crippen LogP contribution in [0.3, 0.4) is 0 Å². The molecule has 0 unspecified atom stereocenters. The minimum Gasteiger partial charge on any atom is -0.497 e. The molecule has 0 amide bonds. The van der Waals surface area contributed by atoms with Gasteiger partial charge in [0.1, 0.15) is 11.3 Å². The zero-order valence-corrected chi connectivity index (χ0v) is 10.3. The maximum Gasteiger partial charge on any atom is 0.344 e. The summed E-state index contributed by atoms with van der Waals surface area (Å²) >= 11 is 5.98. The van der Waals surface area contributed by atoms with E-state index in [2.05, 4.69) is 0 Å². The summed E-state index contributed by atoms with van der Waals surface area (Å²) in [6, 6.07) is 10.4. The number of halogens is 1. The molecule has 0 aliphatic carbocycles. The van der Waals surface area contributed by atoms with Gasteiger partial charge in [0.25, 0.3) is 0 Å². The van der Waals surface area contributed by atoms with Crippen molar-refractivity contribution < 1.29 is 9.15 Å². The summed E-state index contributed by atoms with van der Waals surface area (Å²) in [6.45, 7) is 0. The van der Waals surface area contributed by atoms with Gasteiger partial charge < -0.3 is 9.15 Å². The van der Waals surface area contributed by atoms with Crippen LogP contribution in [-0.4, -0.2) is 7.11 Å². The third kappa shape index (κ3) is 1.64. The number of ether oxygens (including phenoxy) is 1. The molecule has 0 aliphatic heterocycles. The van der Waals surface area contributed by atoms with Gasteiger partial charge in [-0.25, -0.2) is 4.79 Å². The summed E-state index contributed by atoms with van der Waals surface area (Å²) in [4.78, 5) is 11.8. The zero-order valence-electron chi connectivity index (χ0n) is 9.57. The number of benzene rings is 2. The predicted octanol–water partition coefficient (Wildman–Crippen LogP) is 3.61. The van der Waals surface area contributed by atoms with Gasteiger partial charge in [0.05, 0.1) is 12.5 Å². The van der Waals surface area contributed by atoms with Crippen LogP contribution in [0.2, 0.25) is 5.02 Å². The lowest BCUT2D eigenvalue weighted by Crippen LogP contribution is -1.99. The van der Waals surface area contributed by atoms with Crippen molar-refractivity contribution in [2.24, 2.45) is 0 Å². The second-order valence-corrected chi connectivity index (χ2v) is 4.38. The van der Waals surface area contributed by atoms with Gasteiger partial charge in [-0.05, 0) is 36.4 Å². The molecule has 0 fully saturated rings. The Balaban J connectivity index is 2.56. The molecule has 18 heavy (non-hydrogen) atoms. The first-order valence-electron chi connectivity index (χ1n) is 5.39. The molecule has 1 aromatic heterocycles. The van der Waals surface area contributed by atoms with E-state index in [0.717, 1.165) is 10.8 Å². The topological polar surface area (TPSA) is 39.4 Å². The van der Waals surface area contributed by atoms with Gasteiger partial charge in [-0.1, -0.05) is 11.6 Å². The Kier molecular flexibility index (Phi) is 2.49. The number of methoxy groups -OCH3 is 1. The highest BCUT2D eigenvalue weighted by atomic mass is 35.5. The largest absolute Gasteiger partial charge is 0.497 e. The Morgan fingerprint density at radius 1 is 1.06 bits per heavy atom. The summed E-state index contributed by atoms with van der Waals surface area (Å²) < 4.78 is 10.4. The lowest BCUT2D eigenvalue weighted by Gasteiger charge is -2.05. The summed E-state index contributed by atoms with van der Waals surface area (Å²) in [5.74, 6) is 0.689. The Morgan fingerprint density at radius 3 is 2.67 bits per heavy atom. The summed E-state index contributed by atoms with van der Waals surface area (Å²) in [6.07, 6.45) is 0. The SMILES string of the molecule is COc1ccc2c(=O)oc3ccc(Cl)cc3c2c1. The second-order valence-electron chi connectivity index (χ2n) is 3.94. The molecule has 0 N–H and O–H groups in total. The predicted molar refractivity (Wildman–Crippen MR) is 71.6 cm³/mol. The molecule has 0 saturated heterocycles. The van der Waals surface area contributed by atoms with Crippen LogP contribution in [0.25, 0.3) is 21.7 Å². The van der Waals surface area contributed by atoms with Gasteiger partial charge >= 0.3 is 5.63 Å². The summed E-state index contributed by atoms with van der Waals surface area (Å²) in [5, 5.41) is 2.70. The number of hydrogen-bond donors (Lipinski definition) is 0. The number of rotatable bonds is 1. The first-order valence-corrected chi connectivity index (χ1v) is 5.77. The van der Waals surface area contributed by atoms with Gasteiger partial charge in [0.2, 0.25) is 0 Å². The maximum absolute atomic E-state index is 11.8. The maximum atomic E-state index is 11.8. The fourth-order valence-corrected chi connectivity index (χ4v) is 2.18. The minimum absolute atomic E-state index is 0.359. The molecule has 3 nitrogen and oxygen atoms in total. The molecule has 0 atom stereocenters.